The third-order valence-corrected chi connectivity index (χ3v) is 5.08. The molecule has 24 heavy (non-hydrogen) atoms. The third kappa shape index (κ3) is 5.19. The molecule has 1 saturated carbocycles. The van der Waals surface area contributed by atoms with E-state index in [1.165, 1.54) is 0 Å². The standard InChI is InChI=1S/C17H30N4O3/c1-19(2)8-7-18-16(23)14-3-5-15(6-4-14)17(24)21-11-9-20(13-22)10-12-21/h13-15H,3-12H2,1-2H3,(H,18,23). The van der Waals surface area contributed by atoms with Gasteiger partial charge in [0.05, 0.1) is 0 Å². The molecule has 2 rings (SSSR count). The van der Waals surface area contributed by atoms with Crippen LogP contribution >= 0.6 is 0 Å². The Morgan fingerprint density at radius 1 is 1.04 bits per heavy atom. The first-order valence-electron chi connectivity index (χ1n) is 8.92. The summed E-state index contributed by atoms with van der Waals surface area (Å²) in [6.07, 6.45) is 4.01. The van der Waals surface area contributed by atoms with Crippen molar-refractivity contribution in [3.8, 4) is 0 Å². The van der Waals surface area contributed by atoms with E-state index in [2.05, 4.69) is 5.32 Å². The summed E-state index contributed by atoms with van der Waals surface area (Å²) in [5.74, 6) is 0.413. The van der Waals surface area contributed by atoms with Crippen molar-refractivity contribution in [3.05, 3.63) is 0 Å². The second-order valence-electron chi connectivity index (χ2n) is 7.11. The van der Waals surface area contributed by atoms with Crippen molar-refractivity contribution in [2.45, 2.75) is 25.7 Å². The lowest BCUT2D eigenvalue weighted by Gasteiger charge is -2.36. The van der Waals surface area contributed by atoms with Crippen molar-refractivity contribution >= 4 is 18.2 Å². The van der Waals surface area contributed by atoms with E-state index < -0.39 is 0 Å². The number of likely N-dealkylation sites (N-methyl/N-ethyl adjacent to an activating group) is 1. The minimum absolute atomic E-state index is 0.0404. The maximum absolute atomic E-state index is 12.6. The second kappa shape index (κ2) is 9.01. The largest absolute Gasteiger partial charge is 0.355 e. The Balaban J connectivity index is 1.71. The van der Waals surface area contributed by atoms with Gasteiger partial charge in [0.25, 0.3) is 0 Å². The molecule has 0 aromatic carbocycles. The van der Waals surface area contributed by atoms with Gasteiger partial charge in [0.1, 0.15) is 0 Å². The minimum Gasteiger partial charge on any atom is -0.355 e. The molecule has 7 heteroatoms. The summed E-state index contributed by atoms with van der Waals surface area (Å²) in [4.78, 5) is 41.1. The van der Waals surface area contributed by atoms with Gasteiger partial charge in [-0.2, -0.15) is 0 Å². The highest BCUT2D eigenvalue weighted by Crippen LogP contribution is 2.30. The molecule has 2 aliphatic rings. The summed E-state index contributed by atoms with van der Waals surface area (Å²) in [6, 6.07) is 0. The molecular weight excluding hydrogens is 308 g/mol. The van der Waals surface area contributed by atoms with Crippen LogP contribution in [0.3, 0.4) is 0 Å². The zero-order valence-electron chi connectivity index (χ0n) is 14.9. The van der Waals surface area contributed by atoms with Crippen LogP contribution in [-0.4, -0.2) is 86.3 Å². The fraction of sp³-hybridized carbons (Fsp3) is 0.824. The molecule has 1 aliphatic heterocycles. The average Bonchev–Trinajstić information content (AvgIpc) is 2.61. The van der Waals surface area contributed by atoms with Crippen LogP contribution < -0.4 is 5.32 Å². The smallest absolute Gasteiger partial charge is 0.225 e. The summed E-state index contributed by atoms with van der Waals surface area (Å²) < 4.78 is 0. The Labute approximate surface area is 144 Å². The monoisotopic (exact) mass is 338 g/mol. The van der Waals surface area contributed by atoms with Crippen LogP contribution in [0.4, 0.5) is 0 Å². The predicted octanol–water partition coefficient (Wildman–Crippen LogP) is -0.229. The molecule has 3 amide bonds. The third-order valence-electron chi connectivity index (χ3n) is 5.08. The van der Waals surface area contributed by atoms with E-state index in [-0.39, 0.29) is 23.7 Å². The van der Waals surface area contributed by atoms with Gasteiger partial charge < -0.3 is 20.0 Å². The SMILES string of the molecule is CN(C)CCNC(=O)C1CCC(C(=O)N2CCN(C=O)CC2)CC1. The first kappa shape index (κ1) is 18.7. The van der Waals surface area contributed by atoms with Crippen LogP contribution in [0.5, 0.6) is 0 Å². The average molecular weight is 338 g/mol. The van der Waals surface area contributed by atoms with Crippen molar-refractivity contribution in [2.75, 3.05) is 53.4 Å². The highest BCUT2D eigenvalue weighted by Gasteiger charge is 2.33. The van der Waals surface area contributed by atoms with E-state index in [9.17, 15) is 14.4 Å². The van der Waals surface area contributed by atoms with Gasteiger partial charge in [-0.25, -0.2) is 0 Å². The topological polar surface area (TPSA) is 73.0 Å². The molecule has 7 nitrogen and oxygen atoms in total. The summed E-state index contributed by atoms with van der Waals surface area (Å²) in [5.41, 5.74) is 0. The Hall–Kier alpha value is -1.63. The van der Waals surface area contributed by atoms with Gasteiger partial charge in [0.15, 0.2) is 0 Å². The number of nitrogens with zero attached hydrogens (tertiary/aromatic N) is 3. The zero-order valence-corrected chi connectivity index (χ0v) is 14.9. The van der Waals surface area contributed by atoms with Crippen LogP contribution in [0.15, 0.2) is 0 Å². The van der Waals surface area contributed by atoms with Gasteiger partial charge in [-0.3, -0.25) is 14.4 Å². The molecule has 1 heterocycles. The Kier molecular flexibility index (Phi) is 7.02. The predicted molar refractivity (Wildman–Crippen MR) is 91.2 cm³/mol. The summed E-state index contributed by atoms with van der Waals surface area (Å²) in [6.45, 7) is 4.01. The van der Waals surface area contributed by atoms with Crippen molar-refractivity contribution in [1.82, 2.24) is 20.0 Å². The number of hydrogen-bond acceptors (Lipinski definition) is 4. The lowest BCUT2D eigenvalue weighted by atomic mass is 9.81. The van der Waals surface area contributed by atoms with E-state index in [4.69, 9.17) is 0 Å². The van der Waals surface area contributed by atoms with E-state index >= 15 is 0 Å². The van der Waals surface area contributed by atoms with Crippen LogP contribution in [0, 0.1) is 11.8 Å². The van der Waals surface area contributed by atoms with E-state index in [1.54, 1.807) is 4.90 Å². The molecule has 1 aliphatic carbocycles. The first-order valence-corrected chi connectivity index (χ1v) is 8.92. The van der Waals surface area contributed by atoms with Gasteiger partial charge in [0.2, 0.25) is 18.2 Å². The summed E-state index contributed by atoms with van der Waals surface area (Å²) in [7, 11) is 3.97. The van der Waals surface area contributed by atoms with Crippen LogP contribution in [0.25, 0.3) is 0 Å². The number of amides is 3. The summed E-state index contributed by atoms with van der Waals surface area (Å²) >= 11 is 0. The van der Waals surface area contributed by atoms with Gasteiger partial charge in [0, 0.05) is 51.1 Å². The van der Waals surface area contributed by atoms with Crippen molar-refractivity contribution < 1.29 is 14.4 Å². The summed E-state index contributed by atoms with van der Waals surface area (Å²) in [5, 5.41) is 2.99. The van der Waals surface area contributed by atoms with Gasteiger partial charge in [-0.15, -0.1) is 0 Å². The molecule has 0 radical (unpaired) electrons. The molecule has 2 fully saturated rings. The maximum atomic E-state index is 12.6. The maximum Gasteiger partial charge on any atom is 0.225 e. The van der Waals surface area contributed by atoms with Crippen molar-refractivity contribution in [3.63, 3.8) is 0 Å². The fourth-order valence-electron chi connectivity index (χ4n) is 3.46. The van der Waals surface area contributed by atoms with Crippen LogP contribution in [0.2, 0.25) is 0 Å². The molecule has 0 bridgehead atoms. The molecule has 136 valence electrons. The van der Waals surface area contributed by atoms with Gasteiger partial charge in [-0.1, -0.05) is 0 Å². The number of carbonyl (C=O) groups is 3. The van der Waals surface area contributed by atoms with E-state index in [1.807, 2.05) is 23.9 Å². The Bertz CT molecular complexity index is 439. The zero-order chi connectivity index (χ0) is 17.5. The second-order valence-corrected chi connectivity index (χ2v) is 7.11. The minimum atomic E-state index is 0.0404. The van der Waals surface area contributed by atoms with Crippen molar-refractivity contribution in [2.24, 2.45) is 11.8 Å². The van der Waals surface area contributed by atoms with Crippen LogP contribution in [0.1, 0.15) is 25.7 Å². The Morgan fingerprint density at radius 3 is 2.17 bits per heavy atom. The van der Waals surface area contributed by atoms with Crippen LogP contribution in [-0.2, 0) is 14.4 Å². The molecule has 0 unspecified atom stereocenters. The Morgan fingerprint density at radius 2 is 1.62 bits per heavy atom. The number of hydrogen-bond donors (Lipinski definition) is 1. The van der Waals surface area contributed by atoms with E-state index in [0.717, 1.165) is 38.6 Å². The lowest BCUT2D eigenvalue weighted by molar-refractivity contribution is -0.141. The van der Waals surface area contributed by atoms with E-state index in [0.29, 0.717) is 32.7 Å². The molecule has 0 atom stereocenters. The number of carbonyl (C=O) groups excluding carboxylic acids is 3. The highest BCUT2D eigenvalue weighted by molar-refractivity contribution is 5.81. The van der Waals surface area contributed by atoms with Gasteiger partial charge in [-0.05, 0) is 39.8 Å². The van der Waals surface area contributed by atoms with Crippen molar-refractivity contribution in [1.29, 1.82) is 0 Å². The molecule has 0 aromatic heterocycles. The number of piperazine rings is 1. The molecule has 1 saturated heterocycles. The number of nitrogens with one attached hydrogen (secondary N) is 1. The molecular formula is C17H30N4O3. The molecule has 1 N–H and O–H groups in total. The molecule has 0 spiro atoms. The van der Waals surface area contributed by atoms with Gasteiger partial charge >= 0.3 is 0 Å². The molecule has 0 aromatic rings. The normalized spacial score (nSPS) is 24.8. The number of rotatable bonds is 6. The fourth-order valence-corrected chi connectivity index (χ4v) is 3.46. The lowest BCUT2D eigenvalue weighted by Crippen LogP contribution is -2.50. The first-order chi connectivity index (χ1) is 11.5. The quantitative estimate of drug-likeness (QED) is 0.679. The highest BCUT2D eigenvalue weighted by atomic mass is 16.2.